The van der Waals surface area contributed by atoms with Crippen molar-refractivity contribution in [2.24, 2.45) is 0 Å². The first-order valence-corrected chi connectivity index (χ1v) is 8.31. The van der Waals surface area contributed by atoms with Gasteiger partial charge in [0.15, 0.2) is 0 Å². The summed E-state index contributed by atoms with van der Waals surface area (Å²) in [4.78, 5) is 0. The van der Waals surface area contributed by atoms with Crippen molar-refractivity contribution >= 4 is 5.69 Å². The zero-order valence-corrected chi connectivity index (χ0v) is 14.5. The van der Waals surface area contributed by atoms with Gasteiger partial charge in [-0.15, -0.1) is 0 Å². The summed E-state index contributed by atoms with van der Waals surface area (Å²) in [7, 11) is 0. The summed E-state index contributed by atoms with van der Waals surface area (Å²) in [6.07, 6.45) is 0.0793. The van der Waals surface area contributed by atoms with E-state index < -0.39 is 0 Å². The molecule has 124 valence electrons. The number of benzene rings is 2. The van der Waals surface area contributed by atoms with Gasteiger partial charge >= 0.3 is 0 Å². The van der Waals surface area contributed by atoms with Gasteiger partial charge in [-0.3, -0.25) is 0 Å². The van der Waals surface area contributed by atoms with E-state index in [0.29, 0.717) is 12.5 Å². The molecule has 23 heavy (non-hydrogen) atoms. The van der Waals surface area contributed by atoms with Gasteiger partial charge in [0.05, 0.1) is 13.2 Å². The third-order valence-electron chi connectivity index (χ3n) is 3.62. The summed E-state index contributed by atoms with van der Waals surface area (Å²) in [6.45, 7) is 9.85. The van der Waals surface area contributed by atoms with Crippen molar-refractivity contribution in [2.75, 3.05) is 18.5 Å². The van der Waals surface area contributed by atoms with E-state index in [-0.39, 0.29) is 6.10 Å². The Bertz CT molecular complexity index is 593. The van der Waals surface area contributed by atoms with Crippen molar-refractivity contribution < 1.29 is 9.47 Å². The Hall–Kier alpha value is -2.16. The van der Waals surface area contributed by atoms with Crippen molar-refractivity contribution in [1.82, 2.24) is 0 Å². The highest BCUT2D eigenvalue weighted by Crippen LogP contribution is 2.20. The Kier molecular flexibility index (Phi) is 6.33. The van der Waals surface area contributed by atoms with Gasteiger partial charge in [0.25, 0.3) is 0 Å². The minimum Gasteiger partial charge on any atom is -0.494 e. The second kappa shape index (κ2) is 8.47. The number of rotatable bonds is 8. The van der Waals surface area contributed by atoms with Crippen LogP contribution in [0.3, 0.4) is 0 Å². The topological polar surface area (TPSA) is 30.5 Å². The fourth-order valence-electron chi connectivity index (χ4n) is 2.33. The molecule has 0 aliphatic carbocycles. The molecule has 0 heterocycles. The van der Waals surface area contributed by atoms with Gasteiger partial charge in [-0.05, 0) is 49.6 Å². The summed E-state index contributed by atoms with van der Waals surface area (Å²) >= 11 is 0. The standard InChI is InChI=1S/C20H27NO2/c1-5-22-20-8-6-7-18(13-20)21-14-16(4)23-19-11-9-17(10-12-19)15(2)3/h6-13,15-16,21H,5,14H2,1-4H3. The van der Waals surface area contributed by atoms with Gasteiger partial charge in [0.1, 0.15) is 17.6 Å². The molecule has 0 aliphatic heterocycles. The number of anilines is 1. The van der Waals surface area contributed by atoms with E-state index in [0.717, 1.165) is 23.7 Å². The Balaban J connectivity index is 1.84. The molecule has 3 heteroatoms. The fourth-order valence-corrected chi connectivity index (χ4v) is 2.33. The largest absolute Gasteiger partial charge is 0.494 e. The lowest BCUT2D eigenvalue weighted by molar-refractivity contribution is 0.234. The summed E-state index contributed by atoms with van der Waals surface area (Å²) in [5, 5.41) is 3.39. The maximum Gasteiger partial charge on any atom is 0.121 e. The maximum absolute atomic E-state index is 5.95. The molecule has 0 bridgehead atoms. The molecule has 1 atom stereocenters. The Labute approximate surface area is 139 Å². The SMILES string of the molecule is CCOc1cccc(NCC(C)Oc2ccc(C(C)C)cc2)c1. The van der Waals surface area contributed by atoms with E-state index in [2.05, 4.69) is 38.2 Å². The molecule has 0 aromatic heterocycles. The van der Waals surface area contributed by atoms with Crippen molar-refractivity contribution in [1.29, 1.82) is 0 Å². The molecule has 1 N–H and O–H groups in total. The molecule has 0 saturated heterocycles. The molecule has 0 fully saturated rings. The van der Waals surface area contributed by atoms with E-state index >= 15 is 0 Å². The zero-order valence-electron chi connectivity index (χ0n) is 14.5. The number of nitrogens with one attached hydrogen (secondary N) is 1. The van der Waals surface area contributed by atoms with Gasteiger partial charge < -0.3 is 14.8 Å². The van der Waals surface area contributed by atoms with Crippen LogP contribution in [0.4, 0.5) is 5.69 Å². The third kappa shape index (κ3) is 5.51. The van der Waals surface area contributed by atoms with Crippen molar-refractivity contribution in [2.45, 2.75) is 39.7 Å². The van der Waals surface area contributed by atoms with Crippen LogP contribution < -0.4 is 14.8 Å². The quantitative estimate of drug-likeness (QED) is 0.736. The van der Waals surface area contributed by atoms with E-state index in [4.69, 9.17) is 9.47 Å². The Morgan fingerprint density at radius 2 is 1.70 bits per heavy atom. The van der Waals surface area contributed by atoms with Gasteiger partial charge in [0, 0.05) is 11.8 Å². The first kappa shape index (κ1) is 17.2. The first-order valence-electron chi connectivity index (χ1n) is 8.31. The number of hydrogen-bond acceptors (Lipinski definition) is 3. The second-order valence-electron chi connectivity index (χ2n) is 5.99. The van der Waals surface area contributed by atoms with Crippen molar-refractivity contribution in [3.8, 4) is 11.5 Å². The smallest absolute Gasteiger partial charge is 0.121 e. The van der Waals surface area contributed by atoms with Gasteiger partial charge in [-0.2, -0.15) is 0 Å². The van der Waals surface area contributed by atoms with Crippen LogP contribution >= 0.6 is 0 Å². The number of hydrogen-bond donors (Lipinski definition) is 1. The molecular weight excluding hydrogens is 286 g/mol. The summed E-state index contributed by atoms with van der Waals surface area (Å²) in [5.74, 6) is 2.34. The first-order chi connectivity index (χ1) is 11.1. The second-order valence-corrected chi connectivity index (χ2v) is 5.99. The van der Waals surface area contributed by atoms with E-state index in [1.165, 1.54) is 5.56 Å². The summed E-state index contributed by atoms with van der Waals surface area (Å²) in [6, 6.07) is 16.3. The average Bonchev–Trinajstić information content (AvgIpc) is 2.54. The normalized spacial score (nSPS) is 12.0. The third-order valence-corrected chi connectivity index (χ3v) is 3.62. The minimum absolute atomic E-state index is 0.0793. The van der Waals surface area contributed by atoms with Crippen LogP contribution in [0.1, 0.15) is 39.2 Å². The number of ether oxygens (including phenoxy) is 2. The average molecular weight is 313 g/mol. The summed E-state index contributed by atoms with van der Waals surface area (Å²) < 4.78 is 11.5. The Morgan fingerprint density at radius 1 is 0.957 bits per heavy atom. The van der Waals surface area contributed by atoms with Crippen LogP contribution in [0.15, 0.2) is 48.5 Å². The lowest BCUT2D eigenvalue weighted by atomic mass is 10.0. The highest BCUT2D eigenvalue weighted by Gasteiger charge is 2.05. The van der Waals surface area contributed by atoms with E-state index in [9.17, 15) is 0 Å². The van der Waals surface area contributed by atoms with Gasteiger partial charge in [0.2, 0.25) is 0 Å². The molecule has 2 aromatic carbocycles. The van der Waals surface area contributed by atoms with Gasteiger partial charge in [-0.25, -0.2) is 0 Å². The molecular formula is C20H27NO2. The van der Waals surface area contributed by atoms with E-state index in [1.807, 2.05) is 43.3 Å². The molecule has 3 nitrogen and oxygen atoms in total. The van der Waals surface area contributed by atoms with Crippen LogP contribution in [-0.4, -0.2) is 19.3 Å². The van der Waals surface area contributed by atoms with Crippen LogP contribution in [0.25, 0.3) is 0 Å². The molecule has 0 amide bonds. The van der Waals surface area contributed by atoms with Crippen LogP contribution in [0.5, 0.6) is 11.5 Å². The zero-order chi connectivity index (χ0) is 16.7. The van der Waals surface area contributed by atoms with Crippen LogP contribution in [-0.2, 0) is 0 Å². The monoisotopic (exact) mass is 313 g/mol. The molecule has 0 aliphatic rings. The van der Waals surface area contributed by atoms with Crippen LogP contribution in [0.2, 0.25) is 0 Å². The minimum atomic E-state index is 0.0793. The molecule has 0 spiro atoms. The lowest BCUT2D eigenvalue weighted by Crippen LogP contribution is -2.22. The molecule has 2 aromatic rings. The lowest BCUT2D eigenvalue weighted by Gasteiger charge is -2.17. The summed E-state index contributed by atoms with van der Waals surface area (Å²) in [5.41, 5.74) is 2.37. The molecule has 2 rings (SSSR count). The van der Waals surface area contributed by atoms with E-state index in [1.54, 1.807) is 0 Å². The fraction of sp³-hybridized carbons (Fsp3) is 0.400. The predicted molar refractivity (Wildman–Crippen MR) is 96.7 cm³/mol. The highest BCUT2D eigenvalue weighted by molar-refractivity contribution is 5.48. The van der Waals surface area contributed by atoms with Crippen molar-refractivity contribution in [3.05, 3.63) is 54.1 Å². The molecule has 0 radical (unpaired) electrons. The highest BCUT2D eigenvalue weighted by atomic mass is 16.5. The predicted octanol–water partition coefficient (Wildman–Crippen LogP) is 5.09. The Morgan fingerprint density at radius 3 is 2.35 bits per heavy atom. The molecule has 1 unspecified atom stereocenters. The van der Waals surface area contributed by atoms with Gasteiger partial charge in [-0.1, -0.05) is 32.0 Å². The van der Waals surface area contributed by atoms with Crippen molar-refractivity contribution in [3.63, 3.8) is 0 Å². The van der Waals surface area contributed by atoms with Crippen LogP contribution in [0, 0.1) is 0 Å². The maximum atomic E-state index is 5.95. The molecule has 0 saturated carbocycles.